The van der Waals surface area contributed by atoms with Crippen LogP contribution in [0.3, 0.4) is 0 Å². The van der Waals surface area contributed by atoms with Gasteiger partial charge in [0.2, 0.25) is 5.91 Å². The number of carbonyl (C=O) groups is 4. The van der Waals surface area contributed by atoms with E-state index < -0.39 is 41.6 Å². The van der Waals surface area contributed by atoms with Crippen LogP contribution in [0.2, 0.25) is 10.0 Å². The lowest BCUT2D eigenvalue weighted by atomic mass is 10.0. The van der Waals surface area contributed by atoms with Crippen molar-refractivity contribution in [2.45, 2.75) is 44.9 Å². The van der Waals surface area contributed by atoms with Crippen LogP contribution in [0.5, 0.6) is 0 Å². The van der Waals surface area contributed by atoms with Crippen LogP contribution in [-0.4, -0.2) is 63.2 Å². The number of ether oxygens (including phenoxy) is 1. The van der Waals surface area contributed by atoms with Gasteiger partial charge >= 0.3 is 12.1 Å². The van der Waals surface area contributed by atoms with E-state index in [0.29, 0.717) is 17.0 Å². The first-order valence-corrected chi connectivity index (χ1v) is 13.2. The second-order valence-electron chi connectivity index (χ2n) is 9.32. The molecule has 3 N–H and O–H groups in total. The number of halogens is 2. The normalized spacial score (nSPS) is 16.1. The number of nitrogens with zero attached hydrogens (tertiary/aromatic N) is 1. The average Bonchev–Trinajstić information content (AvgIpc) is 3.29. The number of hydrogen-bond acceptors (Lipinski definition) is 6. The number of carboxylic acid groups (broad SMARTS) is 1. The van der Waals surface area contributed by atoms with Crippen LogP contribution in [-0.2, 0) is 20.7 Å². The van der Waals surface area contributed by atoms with Crippen molar-refractivity contribution in [3.05, 3.63) is 63.6 Å². The van der Waals surface area contributed by atoms with Gasteiger partial charge in [0.1, 0.15) is 17.7 Å². The van der Waals surface area contributed by atoms with Gasteiger partial charge in [-0.1, -0.05) is 41.4 Å². The maximum atomic E-state index is 12.9. The van der Waals surface area contributed by atoms with Gasteiger partial charge in [-0.2, -0.15) is 0 Å². The molecule has 0 bridgehead atoms. The summed E-state index contributed by atoms with van der Waals surface area (Å²) in [4.78, 5) is 51.1. The molecule has 2 aromatic carbocycles. The fourth-order valence-corrected chi connectivity index (χ4v) is 5.21. The molecule has 2 atom stereocenters. The minimum absolute atomic E-state index is 0.00204. The zero-order chi connectivity index (χ0) is 27.3. The summed E-state index contributed by atoms with van der Waals surface area (Å²) in [6, 6.07) is 9.19. The number of anilines is 1. The Morgan fingerprint density at radius 1 is 1.11 bits per heavy atom. The van der Waals surface area contributed by atoms with E-state index in [0.717, 1.165) is 0 Å². The Hall–Kier alpha value is -2.95. The Kier molecular flexibility index (Phi) is 9.33. The first-order valence-electron chi connectivity index (χ1n) is 11.3. The molecule has 1 aliphatic heterocycles. The Morgan fingerprint density at radius 3 is 2.30 bits per heavy atom. The number of aliphatic carboxylic acids is 1. The lowest BCUT2D eigenvalue weighted by Gasteiger charge is -2.28. The highest BCUT2D eigenvalue weighted by Crippen LogP contribution is 2.26. The standard InChI is InChI=1S/C25H27Cl2N3O6S/c1-25(2,3)36-24(35)30-13-37-12-19(30)21(31)29-18(23(33)34)11-14-7-9-15(10-8-14)28-22(32)20-16(26)5-4-6-17(20)27/h4-10,18-19H,11-13H2,1-3H3,(H,28,32)(H,29,31)(H,33,34)/t18-,19+/m0/s1. The molecule has 3 rings (SSSR count). The molecule has 12 heteroatoms. The number of rotatable bonds is 7. The van der Waals surface area contributed by atoms with Crippen molar-refractivity contribution >= 4 is 64.5 Å². The first kappa shape index (κ1) is 28.6. The average molecular weight is 568 g/mol. The molecular formula is C25H27Cl2N3O6S. The summed E-state index contributed by atoms with van der Waals surface area (Å²) < 4.78 is 5.36. The largest absolute Gasteiger partial charge is 0.480 e. The molecule has 1 heterocycles. The van der Waals surface area contributed by atoms with Crippen LogP contribution in [0.15, 0.2) is 42.5 Å². The maximum absolute atomic E-state index is 12.9. The number of thioether (sulfide) groups is 1. The van der Waals surface area contributed by atoms with Gasteiger partial charge in [0.25, 0.3) is 5.91 Å². The summed E-state index contributed by atoms with van der Waals surface area (Å²) in [6.07, 6.45) is -0.627. The van der Waals surface area contributed by atoms with Crippen molar-refractivity contribution in [1.82, 2.24) is 10.2 Å². The Bertz CT molecular complexity index is 1170. The van der Waals surface area contributed by atoms with Crippen molar-refractivity contribution in [3.8, 4) is 0 Å². The highest BCUT2D eigenvalue weighted by Gasteiger charge is 2.38. The smallest absolute Gasteiger partial charge is 0.411 e. The molecule has 0 aliphatic carbocycles. The molecule has 2 aromatic rings. The van der Waals surface area contributed by atoms with E-state index >= 15 is 0 Å². The topological polar surface area (TPSA) is 125 Å². The van der Waals surface area contributed by atoms with Crippen molar-refractivity contribution in [2.24, 2.45) is 0 Å². The highest BCUT2D eigenvalue weighted by atomic mass is 35.5. The quantitative estimate of drug-likeness (QED) is 0.444. The van der Waals surface area contributed by atoms with Crippen LogP contribution in [0.25, 0.3) is 0 Å². The summed E-state index contributed by atoms with van der Waals surface area (Å²) in [5.41, 5.74) is 0.497. The fraction of sp³-hybridized carbons (Fsp3) is 0.360. The third kappa shape index (κ3) is 7.77. The van der Waals surface area contributed by atoms with Gasteiger partial charge in [-0.25, -0.2) is 9.59 Å². The highest BCUT2D eigenvalue weighted by molar-refractivity contribution is 7.99. The molecule has 0 saturated carbocycles. The number of amides is 3. The summed E-state index contributed by atoms with van der Waals surface area (Å²) >= 11 is 13.5. The van der Waals surface area contributed by atoms with Crippen molar-refractivity contribution < 1.29 is 29.0 Å². The Morgan fingerprint density at radius 2 is 1.73 bits per heavy atom. The predicted molar refractivity (Wildman–Crippen MR) is 143 cm³/mol. The molecule has 0 spiro atoms. The first-order chi connectivity index (χ1) is 17.4. The number of benzene rings is 2. The van der Waals surface area contributed by atoms with Crippen molar-refractivity contribution in [3.63, 3.8) is 0 Å². The number of carbonyl (C=O) groups excluding carboxylic acids is 3. The van der Waals surface area contributed by atoms with Crippen LogP contribution in [0.4, 0.5) is 10.5 Å². The second kappa shape index (κ2) is 12.1. The van der Waals surface area contributed by atoms with E-state index in [1.54, 1.807) is 63.2 Å². The molecule has 198 valence electrons. The Labute approximate surface area is 228 Å². The van der Waals surface area contributed by atoms with Crippen LogP contribution < -0.4 is 10.6 Å². The zero-order valence-corrected chi connectivity index (χ0v) is 22.7. The molecular weight excluding hydrogens is 541 g/mol. The van der Waals surface area contributed by atoms with Crippen LogP contribution in [0, 0.1) is 0 Å². The zero-order valence-electron chi connectivity index (χ0n) is 20.4. The van der Waals surface area contributed by atoms with E-state index in [2.05, 4.69) is 10.6 Å². The summed E-state index contributed by atoms with van der Waals surface area (Å²) in [5.74, 6) is -1.65. The molecule has 9 nitrogen and oxygen atoms in total. The van der Waals surface area contributed by atoms with E-state index in [1.165, 1.54) is 16.7 Å². The van der Waals surface area contributed by atoms with Gasteiger partial charge in [0.05, 0.1) is 21.5 Å². The monoisotopic (exact) mass is 567 g/mol. The van der Waals surface area contributed by atoms with E-state index in [1.807, 2.05) is 0 Å². The Balaban J connectivity index is 1.63. The minimum atomic E-state index is -1.22. The van der Waals surface area contributed by atoms with Crippen LogP contribution in [0.1, 0.15) is 36.7 Å². The lowest BCUT2D eigenvalue weighted by Crippen LogP contribution is -2.53. The fourth-order valence-electron chi connectivity index (χ4n) is 3.50. The van der Waals surface area contributed by atoms with Crippen molar-refractivity contribution in [1.29, 1.82) is 0 Å². The van der Waals surface area contributed by atoms with Gasteiger partial charge < -0.3 is 20.5 Å². The molecule has 1 aliphatic rings. The molecule has 3 amide bonds. The van der Waals surface area contributed by atoms with Gasteiger partial charge in [-0.15, -0.1) is 11.8 Å². The lowest BCUT2D eigenvalue weighted by molar-refractivity contribution is -0.142. The van der Waals surface area contributed by atoms with Crippen molar-refractivity contribution in [2.75, 3.05) is 16.9 Å². The number of carboxylic acids is 1. The van der Waals surface area contributed by atoms with E-state index in [4.69, 9.17) is 27.9 Å². The summed E-state index contributed by atoms with van der Waals surface area (Å²) in [6.45, 7) is 5.19. The van der Waals surface area contributed by atoms with Gasteiger partial charge in [-0.3, -0.25) is 14.5 Å². The SMILES string of the molecule is CC(C)(C)OC(=O)N1CSC[C@@H]1C(=O)N[C@@H](Cc1ccc(NC(=O)c2c(Cl)cccc2Cl)cc1)C(=O)O. The second-order valence-corrected chi connectivity index (χ2v) is 11.1. The number of nitrogens with one attached hydrogen (secondary N) is 2. The van der Waals surface area contributed by atoms with Gasteiger partial charge in [-0.05, 0) is 50.6 Å². The summed E-state index contributed by atoms with van der Waals surface area (Å²) in [7, 11) is 0. The van der Waals surface area contributed by atoms with E-state index in [-0.39, 0.29) is 27.9 Å². The summed E-state index contributed by atoms with van der Waals surface area (Å²) in [5, 5.41) is 15.4. The third-order valence-electron chi connectivity index (χ3n) is 5.27. The van der Waals surface area contributed by atoms with E-state index in [9.17, 15) is 24.3 Å². The molecule has 1 fully saturated rings. The van der Waals surface area contributed by atoms with Gasteiger partial charge in [0, 0.05) is 17.9 Å². The molecule has 0 radical (unpaired) electrons. The van der Waals surface area contributed by atoms with Gasteiger partial charge in [0.15, 0.2) is 0 Å². The molecule has 1 saturated heterocycles. The third-order valence-corrected chi connectivity index (χ3v) is 6.91. The number of hydrogen-bond donors (Lipinski definition) is 3. The maximum Gasteiger partial charge on any atom is 0.411 e. The minimum Gasteiger partial charge on any atom is -0.480 e. The molecule has 0 aromatic heterocycles. The molecule has 0 unspecified atom stereocenters. The molecule has 37 heavy (non-hydrogen) atoms. The predicted octanol–water partition coefficient (Wildman–Crippen LogP) is 4.67. The van der Waals surface area contributed by atoms with Crippen LogP contribution >= 0.6 is 35.0 Å².